The van der Waals surface area contributed by atoms with E-state index in [1.807, 2.05) is 58.0 Å². The first-order valence-corrected chi connectivity index (χ1v) is 11.2. The molecule has 0 unspecified atom stereocenters. The normalized spacial score (nSPS) is 11.3. The largest absolute Gasteiger partial charge is 0.324 e. The van der Waals surface area contributed by atoms with Gasteiger partial charge in [-0.05, 0) is 67.3 Å². The van der Waals surface area contributed by atoms with Crippen LogP contribution < -0.4 is 10.9 Å². The quantitative estimate of drug-likeness (QED) is 0.435. The number of carbonyl (C=O) groups is 1. The second-order valence-corrected chi connectivity index (χ2v) is 9.06. The van der Waals surface area contributed by atoms with Gasteiger partial charge in [0.2, 0.25) is 5.91 Å². The average Bonchev–Trinajstić information content (AvgIpc) is 3.19. The number of hydrogen-bond acceptors (Lipinski definition) is 4. The number of nitrogens with one attached hydrogen (secondary N) is 1. The zero-order chi connectivity index (χ0) is 23.0. The van der Waals surface area contributed by atoms with Crippen LogP contribution >= 0.6 is 15.9 Å². The Morgan fingerprint density at radius 1 is 1.09 bits per heavy atom. The zero-order valence-corrected chi connectivity index (χ0v) is 20.0. The van der Waals surface area contributed by atoms with Gasteiger partial charge in [-0.15, -0.1) is 0 Å². The van der Waals surface area contributed by atoms with Gasteiger partial charge >= 0.3 is 0 Å². The SMILES string of the molecule is Cc1ccc(-n2ncc3c(C(C)C)nn(CC(=O)Nc4ccc(Br)cc4)c(=O)c32)cc1C. The maximum Gasteiger partial charge on any atom is 0.293 e. The molecule has 4 rings (SSSR count). The van der Waals surface area contributed by atoms with Gasteiger partial charge in [0.15, 0.2) is 0 Å². The van der Waals surface area contributed by atoms with Crippen molar-refractivity contribution in [1.82, 2.24) is 19.6 Å². The van der Waals surface area contributed by atoms with E-state index in [1.54, 1.807) is 23.0 Å². The molecule has 0 spiro atoms. The molecule has 4 aromatic rings. The minimum absolute atomic E-state index is 0.0521. The molecule has 0 saturated carbocycles. The molecule has 1 amide bonds. The minimum atomic E-state index is -0.355. The van der Waals surface area contributed by atoms with Gasteiger partial charge in [-0.1, -0.05) is 35.8 Å². The molecule has 164 valence electrons. The predicted octanol–water partition coefficient (Wildman–Crippen LogP) is 4.72. The van der Waals surface area contributed by atoms with E-state index in [0.29, 0.717) is 16.6 Å². The van der Waals surface area contributed by atoms with Crippen LogP contribution in [0.15, 0.2) is 57.9 Å². The third-order valence-corrected chi connectivity index (χ3v) is 5.94. The number of aromatic nitrogens is 4. The monoisotopic (exact) mass is 493 g/mol. The number of anilines is 1. The molecule has 32 heavy (non-hydrogen) atoms. The van der Waals surface area contributed by atoms with Crippen molar-refractivity contribution in [2.24, 2.45) is 0 Å². The van der Waals surface area contributed by atoms with Crippen molar-refractivity contribution in [2.45, 2.75) is 40.2 Å². The summed E-state index contributed by atoms with van der Waals surface area (Å²) in [5.74, 6) is -0.274. The summed E-state index contributed by atoms with van der Waals surface area (Å²) in [6.07, 6.45) is 1.68. The fraction of sp³-hybridized carbons (Fsp3) is 0.250. The number of halogens is 1. The number of hydrogen-bond donors (Lipinski definition) is 1. The third kappa shape index (κ3) is 4.23. The maximum atomic E-state index is 13.4. The Morgan fingerprint density at radius 2 is 1.81 bits per heavy atom. The molecule has 2 aromatic heterocycles. The number of aryl methyl sites for hydroxylation is 2. The third-order valence-electron chi connectivity index (χ3n) is 5.41. The van der Waals surface area contributed by atoms with Crippen LogP contribution in [-0.4, -0.2) is 25.5 Å². The zero-order valence-electron chi connectivity index (χ0n) is 18.4. The molecule has 0 saturated heterocycles. The van der Waals surface area contributed by atoms with Crippen LogP contribution in [0.25, 0.3) is 16.6 Å². The highest BCUT2D eigenvalue weighted by Crippen LogP contribution is 2.24. The summed E-state index contributed by atoms with van der Waals surface area (Å²) in [5, 5.41) is 12.5. The lowest BCUT2D eigenvalue weighted by atomic mass is 10.1. The lowest BCUT2D eigenvalue weighted by Crippen LogP contribution is -2.31. The molecule has 0 fully saturated rings. The molecule has 1 N–H and O–H groups in total. The lowest BCUT2D eigenvalue weighted by molar-refractivity contribution is -0.117. The van der Waals surface area contributed by atoms with Gasteiger partial charge in [0.1, 0.15) is 12.1 Å². The minimum Gasteiger partial charge on any atom is -0.324 e. The van der Waals surface area contributed by atoms with Crippen LogP contribution in [0.1, 0.15) is 36.6 Å². The molecule has 0 radical (unpaired) electrons. The van der Waals surface area contributed by atoms with Crippen LogP contribution in [0.5, 0.6) is 0 Å². The summed E-state index contributed by atoms with van der Waals surface area (Å²) in [7, 11) is 0. The highest BCUT2D eigenvalue weighted by atomic mass is 79.9. The van der Waals surface area contributed by atoms with E-state index in [2.05, 4.69) is 31.4 Å². The van der Waals surface area contributed by atoms with E-state index >= 15 is 0 Å². The number of fused-ring (bicyclic) bond motifs is 1. The topological polar surface area (TPSA) is 81.8 Å². The summed E-state index contributed by atoms with van der Waals surface area (Å²) < 4.78 is 3.78. The second kappa shape index (κ2) is 8.70. The van der Waals surface area contributed by atoms with E-state index in [0.717, 1.165) is 27.0 Å². The molecule has 0 aliphatic rings. The number of nitrogens with zero attached hydrogens (tertiary/aromatic N) is 4. The first kappa shape index (κ1) is 22.0. The highest BCUT2D eigenvalue weighted by molar-refractivity contribution is 9.10. The average molecular weight is 494 g/mol. The first-order chi connectivity index (χ1) is 15.2. The summed E-state index contributed by atoms with van der Waals surface area (Å²) >= 11 is 3.37. The highest BCUT2D eigenvalue weighted by Gasteiger charge is 2.20. The van der Waals surface area contributed by atoms with E-state index in [4.69, 9.17) is 0 Å². The van der Waals surface area contributed by atoms with Gasteiger partial charge in [0, 0.05) is 15.5 Å². The smallest absolute Gasteiger partial charge is 0.293 e. The van der Waals surface area contributed by atoms with Crippen LogP contribution in [0.2, 0.25) is 0 Å². The van der Waals surface area contributed by atoms with E-state index < -0.39 is 0 Å². The molecule has 2 aromatic carbocycles. The molecule has 8 heteroatoms. The molecular weight excluding hydrogens is 470 g/mol. The summed E-state index contributed by atoms with van der Waals surface area (Å²) in [5.41, 5.74) is 4.51. The van der Waals surface area contributed by atoms with Gasteiger partial charge in [-0.3, -0.25) is 9.59 Å². The summed E-state index contributed by atoms with van der Waals surface area (Å²) in [4.78, 5) is 26.1. The lowest BCUT2D eigenvalue weighted by Gasteiger charge is -2.13. The molecule has 0 aliphatic carbocycles. The van der Waals surface area contributed by atoms with Crippen molar-refractivity contribution in [1.29, 1.82) is 0 Å². The Balaban J connectivity index is 1.78. The number of carbonyl (C=O) groups excluding carboxylic acids is 1. The first-order valence-electron chi connectivity index (χ1n) is 10.4. The van der Waals surface area contributed by atoms with Crippen LogP contribution in [-0.2, 0) is 11.3 Å². The Morgan fingerprint density at radius 3 is 2.47 bits per heavy atom. The van der Waals surface area contributed by atoms with Crippen molar-refractivity contribution in [2.75, 3.05) is 5.32 Å². The number of benzene rings is 2. The van der Waals surface area contributed by atoms with Gasteiger partial charge in [0.05, 0.1) is 17.6 Å². The van der Waals surface area contributed by atoms with Gasteiger partial charge < -0.3 is 5.32 Å². The molecule has 2 heterocycles. The Kier molecular flexibility index (Phi) is 5.97. The van der Waals surface area contributed by atoms with E-state index in [9.17, 15) is 9.59 Å². The molecular formula is C24H24BrN5O2. The fourth-order valence-corrected chi connectivity index (χ4v) is 3.81. The number of amides is 1. The van der Waals surface area contributed by atoms with Gasteiger partial charge in [-0.2, -0.15) is 10.2 Å². The Hall–Kier alpha value is -3.26. The van der Waals surface area contributed by atoms with Crippen molar-refractivity contribution in [3.8, 4) is 5.69 Å². The molecule has 0 bridgehead atoms. The van der Waals surface area contributed by atoms with Gasteiger partial charge in [-0.25, -0.2) is 9.36 Å². The van der Waals surface area contributed by atoms with Crippen LogP contribution in [0.4, 0.5) is 5.69 Å². The standard InChI is InChI=1S/C24H24BrN5O2/c1-14(2)22-20-12-26-30(19-10-5-15(3)16(4)11-19)23(20)24(32)29(28-22)13-21(31)27-18-8-6-17(25)7-9-18/h5-12,14H,13H2,1-4H3,(H,27,31). The Labute approximate surface area is 194 Å². The van der Waals surface area contributed by atoms with Gasteiger partial charge in [0.25, 0.3) is 5.56 Å². The van der Waals surface area contributed by atoms with Crippen LogP contribution in [0.3, 0.4) is 0 Å². The molecule has 0 aliphatic heterocycles. The molecule has 0 atom stereocenters. The summed E-state index contributed by atoms with van der Waals surface area (Å²) in [6, 6.07) is 13.2. The Bertz CT molecular complexity index is 1370. The maximum absolute atomic E-state index is 13.4. The number of rotatable bonds is 5. The van der Waals surface area contributed by atoms with E-state index in [-0.39, 0.29) is 23.9 Å². The predicted molar refractivity (Wildman–Crippen MR) is 129 cm³/mol. The van der Waals surface area contributed by atoms with Crippen molar-refractivity contribution >= 4 is 38.4 Å². The fourth-order valence-electron chi connectivity index (χ4n) is 3.55. The van der Waals surface area contributed by atoms with Crippen molar-refractivity contribution < 1.29 is 4.79 Å². The second-order valence-electron chi connectivity index (χ2n) is 8.15. The van der Waals surface area contributed by atoms with E-state index in [1.165, 1.54) is 4.68 Å². The van der Waals surface area contributed by atoms with Crippen LogP contribution in [0, 0.1) is 13.8 Å². The van der Waals surface area contributed by atoms with Crippen molar-refractivity contribution in [3.05, 3.63) is 80.3 Å². The summed E-state index contributed by atoms with van der Waals surface area (Å²) in [6.45, 7) is 7.88. The molecule has 7 nitrogen and oxygen atoms in total. The van der Waals surface area contributed by atoms with Crippen molar-refractivity contribution in [3.63, 3.8) is 0 Å².